The third-order valence-electron chi connectivity index (χ3n) is 3.28. The normalized spacial score (nSPS) is 25.7. The summed E-state index contributed by atoms with van der Waals surface area (Å²) >= 11 is 0. The Hall–Kier alpha value is -0.130. The van der Waals surface area contributed by atoms with Crippen LogP contribution in [-0.2, 0) is 4.79 Å². The van der Waals surface area contributed by atoms with Crippen LogP contribution >= 0.6 is 0 Å². The minimum absolute atomic E-state index is 0. The van der Waals surface area contributed by atoms with Crippen molar-refractivity contribution in [3.05, 3.63) is 0 Å². The molecular weight excluding hydrogens is 248 g/mol. The van der Waals surface area contributed by atoms with E-state index in [0.717, 1.165) is 12.8 Å². The number of rotatable bonds is 4. The summed E-state index contributed by atoms with van der Waals surface area (Å²) in [5, 5.41) is 22.7. The van der Waals surface area contributed by atoms with Crippen molar-refractivity contribution in [2.75, 3.05) is 0 Å². The summed E-state index contributed by atoms with van der Waals surface area (Å²) in [6, 6.07) is -0.970. The molecule has 0 aromatic heterocycles. The first kappa shape index (κ1) is 16.9. The molecule has 6 heteroatoms. The number of amides is 1. The molecule has 1 rings (SSSR count). The van der Waals surface area contributed by atoms with Gasteiger partial charge in [0.2, 0.25) is 0 Å². The van der Waals surface area contributed by atoms with Crippen molar-refractivity contribution in [1.29, 1.82) is 0 Å². The van der Waals surface area contributed by atoms with Crippen LogP contribution in [0.3, 0.4) is 0 Å². The zero-order chi connectivity index (χ0) is 12.3. The number of carbonyl (C=O) groups excluding carboxylic acids is 1. The van der Waals surface area contributed by atoms with E-state index in [1.165, 1.54) is 0 Å². The molecule has 1 amide bonds. The summed E-state index contributed by atoms with van der Waals surface area (Å²) in [6.45, 7) is 5.57. The number of aliphatic imine (C=N–C) groups is 2. The van der Waals surface area contributed by atoms with Gasteiger partial charge in [0.25, 0.3) is 5.91 Å². The van der Waals surface area contributed by atoms with Crippen LogP contribution in [0.5, 0.6) is 0 Å². The van der Waals surface area contributed by atoms with Gasteiger partial charge in [-0.1, -0.05) is 27.2 Å². The van der Waals surface area contributed by atoms with Gasteiger partial charge in [-0.05, 0) is 24.7 Å². The topological polar surface area (TPSA) is 87.9 Å². The number of nitrogens with zero attached hydrogens (tertiary/aromatic N) is 2. The number of hydrogen-bond acceptors (Lipinski definition) is 4. The Bertz CT molecular complexity index is 355. The van der Waals surface area contributed by atoms with Gasteiger partial charge < -0.3 is 10.2 Å². The monoisotopic (exact) mass is 264 g/mol. The summed E-state index contributed by atoms with van der Waals surface area (Å²) in [4.78, 5) is 18.4. The van der Waals surface area contributed by atoms with Gasteiger partial charge in [0.1, 0.15) is 0 Å². The van der Waals surface area contributed by atoms with Gasteiger partial charge in [-0.25, -0.2) is 4.99 Å². The Kier molecular flexibility index (Phi) is 6.66. The third-order valence-corrected chi connectivity index (χ3v) is 3.28. The molecule has 2 unspecified atom stereocenters. The maximum Gasteiger partial charge on any atom is 2.00 e. The predicted octanol–water partition coefficient (Wildman–Crippen LogP) is -0.546. The molecule has 0 N–H and O–H groups in total. The van der Waals surface area contributed by atoms with Gasteiger partial charge in [0.15, 0.2) is 0 Å². The van der Waals surface area contributed by atoms with Crippen LogP contribution in [0.4, 0.5) is 0 Å². The second-order valence-corrected chi connectivity index (χ2v) is 4.13. The van der Waals surface area contributed by atoms with E-state index in [1.807, 2.05) is 13.8 Å². The first-order chi connectivity index (χ1) is 7.48. The Balaban J connectivity index is 0.00000256. The molecule has 0 spiro atoms. The fourth-order valence-electron chi connectivity index (χ4n) is 2.24. The van der Waals surface area contributed by atoms with Crippen LogP contribution in [0.1, 0.15) is 40.0 Å². The van der Waals surface area contributed by atoms with Crippen molar-refractivity contribution in [3.8, 4) is 0 Å². The van der Waals surface area contributed by atoms with Crippen molar-refractivity contribution in [2.24, 2.45) is 21.3 Å². The van der Waals surface area contributed by atoms with Crippen molar-refractivity contribution >= 4 is 55.6 Å². The summed E-state index contributed by atoms with van der Waals surface area (Å²) < 4.78 is 0. The van der Waals surface area contributed by atoms with E-state index in [-0.39, 0.29) is 43.7 Å². The van der Waals surface area contributed by atoms with Crippen LogP contribution in [0.15, 0.2) is 9.98 Å². The van der Waals surface area contributed by atoms with E-state index in [1.54, 1.807) is 6.92 Å². The average molecular weight is 264 g/mol. The van der Waals surface area contributed by atoms with Gasteiger partial charge in [0, 0.05) is 0 Å². The first-order valence-electron chi connectivity index (χ1n) is 5.55. The molecule has 1 heterocycles. The van der Waals surface area contributed by atoms with Crippen LogP contribution in [0, 0.1) is 11.3 Å². The van der Waals surface area contributed by atoms with Crippen LogP contribution < -0.4 is 10.2 Å². The molecule has 1 aliphatic heterocycles. The van der Waals surface area contributed by atoms with Crippen molar-refractivity contribution < 1.29 is 15.0 Å². The average Bonchev–Trinajstić information content (AvgIpc) is 2.18. The van der Waals surface area contributed by atoms with Gasteiger partial charge in [-0.3, -0.25) is 9.79 Å². The maximum absolute atomic E-state index is 11.8. The molecule has 0 fully saturated rings. The van der Waals surface area contributed by atoms with Crippen LogP contribution in [-0.4, -0.2) is 55.6 Å². The number of amidine groups is 1. The smallest absolute Gasteiger partial charge is 0.861 e. The predicted molar refractivity (Wildman–Crippen MR) is 62.4 cm³/mol. The summed E-state index contributed by atoms with van der Waals surface area (Å²) in [6.07, 6.45) is 1.95. The Morgan fingerprint density at radius 2 is 1.88 bits per heavy atom. The summed E-state index contributed by atoms with van der Waals surface area (Å²) in [5.41, 5.74) is -1.20. The Labute approximate surface area is 131 Å². The largest absolute Gasteiger partial charge is 2.00 e. The molecular formula is C11H16CaN2O3. The zero-order valence-electron chi connectivity index (χ0n) is 10.5. The molecule has 17 heavy (non-hydrogen) atoms. The fourth-order valence-corrected chi connectivity index (χ4v) is 2.24. The second kappa shape index (κ2) is 6.71. The molecule has 5 nitrogen and oxygen atoms in total. The molecule has 90 valence electrons. The number of hydrogen-bond donors (Lipinski definition) is 0. The van der Waals surface area contributed by atoms with Crippen molar-refractivity contribution in [1.82, 2.24) is 0 Å². The van der Waals surface area contributed by atoms with Crippen molar-refractivity contribution in [2.45, 2.75) is 40.0 Å². The van der Waals surface area contributed by atoms with Crippen LogP contribution in [0.25, 0.3) is 0 Å². The standard InChI is InChI=1S/C11H18N2O3.Ca/c1-4-6-7(3)11(5-2)8(14)12-10(16)13-9(11)15;/h7H,4-6H2,1-3H3,(H2,12,13,14,15,16);/q;+2/p-2. The van der Waals surface area contributed by atoms with Gasteiger partial charge >= 0.3 is 37.7 Å². The Morgan fingerprint density at radius 3 is 2.29 bits per heavy atom. The van der Waals surface area contributed by atoms with Crippen molar-refractivity contribution in [3.63, 3.8) is 0 Å². The van der Waals surface area contributed by atoms with Crippen LogP contribution in [0.2, 0.25) is 0 Å². The third kappa shape index (κ3) is 3.01. The number of carbonyl (C=O) groups is 1. The molecule has 1 aliphatic rings. The quantitative estimate of drug-likeness (QED) is 0.638. The van der Waals surface area contributed by atoms with E-state index >= 15 is 0 Å². The minimum Gasteiger partial charge on any atom is -0.861 e. The van der Waals surface area contributed by atoms with Gasteiger partial charge in [0.05, 0.1) is 11.4 Å². The van der Waals surface area contributed by atoms with E-state index in [4.69, 9.17) is 0 Å². The van der Waals surface area contributed by atoms with E-state index in [9.17, 15) is 15.0 Å². The molecule has 0 saturated carbocycles. The zero-order valence-corrected chi connectivity index (χ0v) is 12.7. The molecule has 0 aliphatic carbocycles. The molecule has 0 radical (unpaired) electrons. The second-order valence-electron chi connectivity index (χ2n) is 4.13. The van der Waals surface area contributed by atoms with E-state index < -0.39 is 23.2 Å². The fraction of sp³-hybridized carbons (Fsp3) is 0.727. The first-order valence-corrected chi connectivity index (χ1v) is 5.55. The van der Waals surface area contributed by atoms with E-state index in [0.29, 0.717) is 6.42 Å². The summed E-state index contributed by atoms with van der Waals surface area (Å²) in [7, 11) is 0. The maximum atomic E-state index is 11.8. The molecule has 0 aromatic rings. The van der Waals surface area contributed by atoms with E-state index in [2.05, 4.69) is 9.98 Å². The molecule has 0 aromatic carbocycles. The Morgan fingerprint density at radius 1 is 1.29 bits per heavy atom. The molecule has 0 bridgehead atoms. The van der Waals surface area contributed by atoms with Gasteiger partial charge in [-0.2, -0.15) is 0 Å². The summed E-state index contributed by atoms with van der Waals surface area (Å²) in [5.74, 6) is -1.38. The SMILES string of the molecule is CCCC(C)C1(CC)C(=O)N=C([O-])N=C1[O-].[Ca+2]. The molecule has 0 saturated heterocycles. The molecule has 2 atom stereocenters. The minimum atomic E-state index is -1.20. The van der Waals surface area contributed by atoms with Gasteiger partial charge in [-0.15, -0.1) is 0 Å².